The number of carbonyl (C=O) groups excluding carboxylic acids is 1. The van der Waals surface area contributed by atoms with Crippen molar-refractivity contribution in [3.63, 3.8) is 0 Å². The van der Waals surface area contributed by atoms with Gasteiger partial charge in [0.15, 0.2) is 0 Å². The van der Waals surface area contributed by atoms with Crippen LogP contribution in [0.2, 0.25) is 5.02 Å². The number of anilines is 1. The minimum Gasteiger partial charge on any atom is -0.465 e. The normalized spacial score (nSPS) is 20.6. The second-order valence-corrected chi connectivity index (χ2v) is 8.80. The highest BCUT2D eigenvalue weighted by Crippen LogP contribution is 2.50. The minimum absolute atomic E-state index is 0.0583. The van der Waals surface area contributed by atoms with E-state index in [4.69, 9.17) is 16.0 Å². The van der Waals surface area contributed by atoms with Crippen molar-refractivity contribution in [3.05, 3.63) is 94.9 Å². The van der Waals surface area contributed by atoms with Crippen molar-refractivity contribution < 1.29 is 9.21 Å². The number of furan rings is 1. The monoisotopic (exact) mass is 405 g/mol. The highest BCUT2D eigenvalue weighted by molar-refractivity contribution is 6.30. The molecule has 1 aromatic heterocycles. The first kappa shape index (κ1) is 19.5. The first-order valence-corrected chi connectivity index (χ1v) is 10.1. The van der Waals surface area contributed by atoms with E-state index in [9.17, 15) is 4.79 Å². The third-order valence-electron chi connectivity index (χ3n) is 5.77. The van der Waals surface area contributed by atoms with E-state index in [-0.39, 0.29) is 16.9 Å². The molecule has 1 aliphatic heterocycles. The van der Waals surface area contributed by atoms with Crippen molar-refractivity contribution in [1.82, 2.24) is 0 Å². The van der Waals surface area contributed by atoms with Crippen LogP contribution in [0.1, 0.15) is 44.1 Å². The summed E-state index contributed by atoms with van der Waals surface area (Å²) in [6.07, 6.45) is 5.69. The lowest BCUT2D eigenvalue weighted by Gasteiger charge is -2.51. The van der Waals surface area contributed by atoms with E-state index in [1.165, 1.54) is 5.56 Å². The summed E-state index contributed by atoms with van der Waals surface area (Å²) in [4.78, 5) is 15.1. The number of hydrogen-bond acceptors (Lipinski definition) is 2. The topological polar surface area (TPSA) is 33.5 Å². The number of carbonyl (C=O) groups is 1. The van der Waals surface area contributed by atoms with Gasteiger partial charge in [-0.1, -0.05) is 48.9 Å². The van der Waals surface area contributed by atoms with Gasteiger partial charge in [-0.05, 0) is 67.8 Å². The van der Waals surface area contributed by atoms with Gasteiger partial charge in [0.1, 0.15) is 5.76 Å². The van der Waals surface area contributed by atoms with Crippen LogP contribution in [0.25, 0.3) is 6.08 Å². The van der Waals surface area contributed by atoms with E-state index < -0.39 is 0 Å². The van der Waals surface area contributed by atoms with E-state index in [0.717, 1.165) is 22.7 Å². The van der Waals surface area contributed by atoms with Gasteiger partial charge in [0.25, 0.3) is 5.91 Å². The average molecular weight is 406 g/mol. The lowest BCUT2D eigenvalue weighted by atomic mass is 9.65. The van der Waals surface area contributed by atoms with Crippen LogP contribution in [0.15, 0.2) is 77.4 Å². The SMILES string of the molecule is CC1(C)C[C@@](C)(c2ccc(Cl)cc2)c2ccccc2N1C(=O)/C=C\c1ccco1. The molecule has 3 aromatic rings. The fourth-order valence-electron chi connectivity index (χ4n) is 4.61. The molecular weight excluding hydrogens is 382 g/mol. The van der Waals surface area contributed by atoms with E-state index in [0.29, 0.717) is 5.76 Å². The Bertz CT molecular complexity index is 1050. The summed E-state index contributed by atoms with van der Waals surface area (Å²) < 4.78 is 5.32. The molecule has 4 rings (SSSR count). The molecule has 29 heavy (non-hydrogen) atoms. The van der Waals surface area contributed by atoms with Crippen LogP contribution in [0.3, 0.4) is 0 Å². The Labute approximate surface area is 176 Å². The third kappa shape index (κ3) is 3.51. The Morgan fingerprint density at radius 3 is 2.45 bits per heavy atom. The van der Waals surface area contributed by atoms with Crippen LogP contribution < -0.4 is 4.90 Å². The number of hydrogen-bond donors (Lipinski definition) is 0. The highest BCUT2D eigenvalue weighted by Gasteiger charge is 2.47. The standard InChI is InChI=1S/C25H24ClNO2/c1-24(2)17-25(3,18-10-12-19(26)13-11-18)21-8-4-5-9-22(21)27(24)23(28)15-14-20-7-6-16-29-20/h4-16H,17H2,1-3H3/b15-14-/t25-/m0/s1. The van der Waals surface area contributed by atoms with Crippen LogP contribution in [-0.4, -0.2) is 11.4 Å². The van der Waals surface area contributed by atoms with Crippen LogP contribution in [0.4, 0.5) is 5.69 Å². The molecule has 2 heterocycles. The zero-order valence-corrected chi connectivity index (χ0v) is 17.6. The van der Waals surface area contributed by atoms with Crippen LogP contribution in [0.5, 0.6) is 0 Å². The molecule has 0 radical (unpaired) electrons. The van der Waals surface area contributed by atoms with E-state index in [2.05, 4.69) is 39.0 Å². The quantitative estimate of drug-likeness (QED) is 0.468. The average Bonchev–Trinajstić information content (AvgIpc) is 3.20. The maximum atomic E-state index is 13.2. The smallest absolute Gasteiger partial charge is 0.251 e. The molecule has 0 spiro atoms. The molecule has 0 saturated heterocycles. The summed E-state index contributed by atoms with van der Waals surface area (Å²) in [7, 11) is 0. The highest BCUT2D eigenvalue weighted by atomic mass is 35.5. The summed E-state index contributed by atoms with van der Waals surface area (Å²) in [6, 6.07) is 19.8. The number of rotatable bonds is 3. The Kier molecular flexibility index (Phi) is 4.87. The Balaban J connectivity index is 1.80. The molecule has 4 heteroatoms. The Morgan fingerprint density at radius 2 is 1.76 bits per heavy atom. The minimum atomic E-state index is -0.382. The second-order valence-electron chi connectivity index (χ2n) is 8.37. The van der Waals surface area contributed by atoms with Gasteiger partial charge in [-0.3, -0.25) is 4.79 Å². The van der Waals surface area contributed by atoms with Crippen molar-refractivity contribution in [2.24, 2.45) is 0 Å². The van der Waals surface area contributed by atoms with Crippen molar-refractivity contribution >= 4 is 29.3 Å². The molecule has 0 unspecified atom stereocenters. The van der Waals surface area contributed by atoms with Gasteiger partial charge < -0.3 is 9.32 Å². The largest absolute Gasteiger partial charge is 0.465 e. The number of halogens is 1. The molecule has 0 N–H and O–H groups in total. The molecule has 1 aliphatic rings. The number of para-hydroxylation sites is 1. The fourth-order valence-corrected chi connectivity index (χ4v) is 4.73. The van der Waals surface area contributed by atoms with Gasteiger partial charge in [-0.2, -0.15) is 0 Å². The predicted molar refractivity (Wildman–Crippen MR) is 118 cm³/mol. The number of benzene rings is 2. The molecule has 0 saturated carbocycles. The summed E-state index contributed by atoms with van der Waals surface area (Å²) in [6.45, 7) is 6.49. The Hall–Kier alpha value is -2.78. The fraction of sp³-hybridized carbons (Fsp3) is 0.240. The van der Waals surface area contributed by atoms with Crippen molar-refractivity contribution in [2.75, 3.05) is 4.90 Å². The number of nitrogens with zero attached hydrogens (tertiary/aromatic N) is 1. The zero-order chi connectivity index (χ0) is 20.6. The summed E-state index contributed by atoms with van der Waals surface area (Å²) in [5.74, 6) is 0.601. The van der Waals surface area contributed by atoms with Crippen LogP contribution in [0, 0.1) is 0 Å². The number of amides is 1. The molecule has 1 atom stereocenters. The maximum absolute atomic E-state index is 13.2. The molecule has 0 bridgehead atoms. The molecule has 148 valence electrons. The van der Waals surface area contributed by atoms with Crippen LogP contribution >= 0.6 is 11.6 Å². The van der Waals surface area contributed by atoms with Crippen LogP contribution in [-0.2, 0) is 10.2 Å². The molecular formula is C25H24ClNO2. The zero-order valence-electron chi connectivity index (χ0n) is 16.9. The van der Waals surface area contributed by atoms with Crippen molar-refractivity contribution in [2.45, 2.75) is 38.1 Å². The first-order chi connectivity index (χ1) is 13.8. The Morgan fingerprint density at radius 1 is 1.03 bits per heavy atom. The summed E-state index contributed by atoms with van der Waals surface area (Å²) >= 11 is 6.13. The summed E-state index contributed by atoms with van der Waals surface area (Å²) in [5, 5.41) is 0.723. The molecule has 3 nitrogen and oxygen atoms in total. The third-order valence-corrected chi connectivity index (χ3v) is 6.02. The van der Waals surface area contributed by atoms with Gasteiger partial charge in [0, 0.05) is 27.7 Å². The molecule has 1 amide bonds. The lowest BCUT2D eigenvalue weighted by Crippen LogP contribution is -2.55. The molecule has 0 aliphatic carbocycles. The lowest BCUT2D eigenvalue weighted by molar-refractivity contribution is -0.115. The van der Waals surface area contributed by atoms with Crippen molar-refractivity contribution in [1.29, 1.82) is 0 Å². The van der Waals surface area contributed by atoms with Gasteiger partial charge in [-0.15, -0.1) is 0 Å². The summed E-state index contributed by atoms with van der Waals surface area (Å²) in [5.41, 5.74) is 2.66. The molecule has 0 fully saturated rings. The first-order valence-electron chi connectivity index (χ1n) is 9.73. The molecule has 2 aromatic carbocycles. The van der Waals surface area contributed by atoms with E-state index >= 15 is 0 Å². The van der Waals surface area contributed by atoms with Gasteiger partial charge in [-0.25, -0.2) is 0 Å². The van der Waals surface area contributed by atoms with E-state index in [1.54, 1.807) is 18.4 Å². The van der Waals surface area contributed by atoms with Crippen molar-refractivity contribution in [3.8, 4) is 0 Å². The maximum Gasteiger partial charge on any atom is 0.251 e. The van der Waals surface area contributed by atoms with E-state index in [1.807, 2.05) is 47.4 Å². The second kappa shape index (κ2) is 7.23. The van der Waals surface area contributed by atoms with Gasteiger partial charge in [0.2, 0.25) is 0 Å². The predicted octanol–water partition coefficient (Wildman–Crippen LogP) is 6.47. The number of fused-ring (bicyclic) bond motifs is 1. The van der Waals surface area contributed by atoms with Gasteiger partial charge >= 0.3 is 0 Å². The van der Waals surface area contributed by atoms with Gasteiger partial charge in [0.05, 0.1) is 6.26 Å².